The van der Waals surface area contributed by atoms with E-state index in [1.807, 2.05) is 30.7 Å². The van der Waals surface area contributed by atoms with Crippen LogP contribution in [-0.2, 0) is 6.54 Å². The minimum Gasteiger partial charge on any atom is -0.342 e. The number of aryl methyl sites for hydroxylation is 1. The third kappa shape index (κ3) is 4.10. The molecular weight excluding hydrogens is 306 g/mol. The number of carbonyl (C=O) groups is 1. The molecule has 0 radical (unpaired) electrons. The van der Waals surface area contributed by atoms with E-state index in [0.29, 0.717) is 18.8 Å². The zero-order valence-corrected chi connectivity index (χ0v) is 13.3. The number of nitrogens with zero attached hydrogens (tertiary/aromatic N) is 3. The highest BCUT2D eigenvalue weighted by Crippen LogP contribution is 2.17. The van der Waals surface area contributed by atoms with Crippen molar-refractivity contribution in [1.29, 1.82) is 5.26 Å². The second kappa shape index (κ2) is 7.34. The van der Waals surface area contributed by atoms with Gasteiger partial charge in [-0.25, -0.2) is 0 Å². The maximum absolute atomic E-state index is 12.5. The van der Waals surface area contributed by atoms with Gasteiger partial charge in [0.2, 0.25) is 0 Å². The smallest absolute Gasteiger partial charge is 0.270 e. The van der Waals surface area contributed by atoms with Crippen LogP contribution in [0.25, 0.3) is 0 Å². The van der Waals surface area contributed by atoms with Crippen LogP contribution in [0.5, 0.6) is 0 Å². The average molecular weight is 326 g/mol. The Morgan fingerprint density at radius 3 is 2.79 bits per heavy atom. The molecule has 0 saturated heterocycles. The molecule has 0 aliphatic heterocycles. The fraction of sp³-hybridized carbons (Fsp3) is 0.571. The predicted molar refractivity (Wildman–Crippen MR) is 78.8 cm³/mol. The Hall–Kier alpha value is -1.28. The highest BCUT2D eigenvalue weighted by molar-refractivity contribution is 9.10. The lowest BCUT2D eigenvalue weighted by Crippen LogP contribution is -2.35. The predicted octanol–water partition coefficient (Wildman–Crippen LogP) is 3.28. The van der Waals surface area contributed by atoms with Crippen molar-refractivity contribution in [3.63, 3.8) is 0 Å². The normalized spacial score (nSPS) is 11.9. The first-order chi connectivity index (χ1) is 9.03. The van der Waals surface area contributed by atoms with E-state index in [9.17, 15) is 4.79 Å². The zero-order valence-electron chi connectivity index (χ0n) is 11.7. The van der Waals surface area contributed by atoms with E-state index in [4.69, 9.17) is 5.26 Å². The van der Waals surface area contributed by atoms with Crippen LogP contribution in [0.1, 0.15) is 37.7 Å². The Morgan fingerprint density at radius 2 is 2.26 bits per heavy atom. The maximum atomic E-state index is 12.5. The van der Waals surface area contributed by atoms with Crippen molar-refractivity contribution in [2.45, 2.75) is 33.7 Å². The lowest BCUT2D eigenvalue weighted by Gasteiger charge is -2.22. The summed E-state index contributed by atoms with van der Waals surface area (Å²) in [7, 11) is 0. The Bertz CT molecular complexity index is 476. The second-order valence-electron chi connectivity index (χ2n) is 4.61. The molecule has 0 saturated carbocycles. The molecule has 1 aromatic heterocycles. The summed E-state index contributed by atoms with van der Waals surface area (Å²) in [6.45, 7) is 7.75. The Labute approximate surface area is 123 Å². The van der Waals surface area contributed by atoms with Crippen molar-refractivity contribution in [3.05, 3.63) is 22.4 Å². The second-order valence-corrected chi connectivity index (χ2v) is 5.53. The molecule has 0 aromatic carbocycles. The van der Waals surface area contributed by atoms with Gasteiger partial charge in [-0.05, 0) is 42.3 Å². The fourth-order valence-electron chi connectivity index (χ4n) is 1.97. The first-order valence-corrected chi connectivity index (χ1v) is 7.37. The van der Waals surface area contributed by atoms with Crippen LogP contribution in [0.4, 0.5) is 0 Å². The molecule has 4 nitrogen and oxygen atoms in total. The average Bonchev–Trinajstić information content (AvgIpc) is 2.76. The number of aromatic nitrogens is 1. The molecule has 19 heavy (non-hydrogen) atoms. The summed E-state index contributed by atoms with van der Waals surface area (Å²) in [6, 6.07) is 4.02. The van der Waals surface area contributed by atoms with Crippen molar-refractivity contribution in [2.24, 2.45) is 5.92 Å². The monoisotopic (exact) mass is 325 g/mol. The summed E-state index contributed by atoms with van der Waals surface area (Å²) in [5.41, 5.74) is 0.681. The van der Waals surface area contributed by atoms with Crippen molar-refractivity contribution < 1.29 is 4.79 Å². The van der Waals surface area contributed by atoms with E-state index in [0.717, 1.165) is 17.4 Å². The minimum absolute atomic E-state index is 0.0104. The summed E-state index contributed by atoms with van der Waals surface area (Å²) >= 11 is 3.41. The first kappa shape index (κ1) is 15.8. The number of carbonyl (C=O) groups excluding carboxylic acids is 1. The van der Waals surface area contributed by atoms with Crippen LogP contribution in [0.15, 0.2) is 16.7 Å². The van der Waals surface area contributed by atoms with Crippen LogP contribution in [0.2, 0.25) is 0 Å². The topological polar surface area (TPSA) is 49.0 Å². The zero-order chi connectivity index (χ0) is 14.4. The van der Waals surface area contributed by atoms with Crippen LogP contribution < -0.4 is 0 Å². The van der Waals surface area contributed by atoms with Gasteiger partial charge in [0.05, 0.1) is 12.0 Å². The number of nitriles is 1. The number of hydrogen-bond donors (Lipinski definition) is 0. The van der Waals surface area contributed by atoms with Crippen molar-refractivity contribution in [3.8, 4) is 6.07 Å². The molecule has 0 spiro atoms. The molecule has 0 bridgehead atoms. The molecule has 1 rings (SSSR count). The van der Waals surface area contributed by atoms with Gasteiger partial charge >= 0.3 is 0 Å². The van der Waals surface area contributed by atoms with E-state index in [2.05, 4.69) is 28.9 Å². The highest BCUT2D eigenvalue weighted by Gasteiger charge is 2.20. The third-order valence-corrected chi connectivity index (χ3v) is 3.36. The van der Waals surface area contributed by atoms with Crippen molar-refractivity contribution >= 4 is 21.8 Å². The van der Waals surface area contributed by atoms with Crippen LogP contribution in [-0.4, -0.2) is 28.5 Å². The van der Waals surface area contributed by atoms with Gasteiger partial charge in [0.15, 0.2) is 0 Å². The van der Waals surface area contributed by atoms with Crippen molar-refractivity contribution in [2.75, 3.05) is 13.1 Å². The summed E-state index contributed by atoms with van der Waals surface area (Å²) < 4.78 is 2.88. The van der Waals surface area contributed by atoms with Crippen molar-refractivity contribution in [1.82, 2.24) is 9.47 Å². The molecule has 104 valence electrons. The Balaban J connectivity index is 2.94. The standard InChI is InChI=1S/C14H20BrN3O/c1-4-6-18-10-12(15)7-13(18)14(19)17(5-2)9-11(3)8-16/h7,10-11H,4-6,9H2,1-3H3. The molecule has 1 heterocycles. The molecule has 0 N–H and O–H groups in total. The lowest BCUT2D eigenvalue weighted by molar-refractivity contribution is 0.0741. The summed E-state index contributed by atoms with van der Waals surface area (Å²) in [5, 5.41) is 8.87. The third-order valence-electron chi connectivity index (χ3n) is 2.93. The molecule has 1 amide bonds. The maximum Gasteiger partial charge on any atom is 0.270 e. The number of hydrogen-bond acceptors (Lipinski definition) is 2. The van der Waals surface area contributed by atoms with E-state index >= 15 is 0 Å². The molecule has 0 aliphatic carbocycles. The number of halogens is 1. The Morgan fingerprint density at radius 1 is 1.58 bits per heavy atom. The summed E-state index contributed by atoms with van der Waals surface area (Å²) in [4.78, 5) is 14.2. The van der Waals surface area contributed by atoms with Gasteiger partial charge in [-0.3, -0.25) is 4.79 Å². The fourth-order valence-corrected chi connectivity index (χ4v) is 2.43. The van der Waals surface area contributed by atoms with Gasteiger partial charge in [-0.1, -0.05) is 6.92 Å². The number of amides is 1. The molecular formula is C14H20BrN3O. The van der Waals surface area contributed by atoms with Crippen LogP contribution in [0, 0.1) is 17.2 Å². The largest absolute Gasteiger partial charge is 0.342 e. The first-order valence-electron chi connectivity index (χ1n) is 6.58. The summed E-state index contributed by atoms with van der Waals surface area (Å²) in [6.07, 6.45) is 2.90. The van der Waals surface area contributed by atoms with Gasteiger partial charge in [0, 0.05) is 30.3 Å². The number of rotatable bonds is 6. The van der Waals surface area contributed by atoms with Gasteiger partial charge in [0.1, 0.15) is 5.69 Å². The molecule has 5 heteroatoms. The van der Waals surface area contributed by atoms with E-state index in [1.165, 1.54) is 0 Å². The highest BCUT2D eigenvalue weighted by atomic mass is 79.9. The molecule has 1 atom stereocenters. The SMILES string of the molecule is CCCn1cc(Br)cc1C(=O)N(CC)CC(C)C#N. The van der Waals surface area contributed by atoms with Crippen LogP contribution in [0.3, 0.4) is 0 Å². The van der Waals surface area contributed by atoms with E-state index in [1.54, 1.807) is 4.90 Å². The van der Waals surface area contributed by atoms with Gasteiger partial charge < -0.3 is 9.47 Å². The van der Waals surface area contributed by atoms with Gasteiger partial charge in [-0.2, -0.15) is 5.26 Å². The minimum atomic E-state index is -0.151. The molecule has 1 unspecified atom stereocenters. The molecule has 0 aliphatic rings. The summed E-state index contributed by atoms with van der Waals surface area (Å²) in [5.74, 6) is -0.161. The molecule has 0 fully saturated rings. The van der Waals surface area contributed by atoms with Gasteiger partial charge in [0.25, 0.3) is 5.91 Å². The lowest BCUT2D eigenvalue weighted by atomic mass is 10.2. The van der Waals surface area contributed by atoms with Gasteiger partial charge in [-0.15, -0.1) is 0 Å². The van der Waals surface area contributed by atoms with Crippen LogP contribution >= 0.6 is 15.9 Å². The van der Waals surface area contributed by atoms with E-state index in [-0.39, 0.29) is 11.8 Å². The quantitative estimate of drug-likeness (QED) is 0.805. The molecule has 1 aromatic rings. The Kier molecular flexibility index (Phi) is 6.10. The van der Waals surface area contributed by atoms with E-state index < -0.39 is 0 Å².